The van der Waals surface area contributed by atoms with E-state index in [2.05, 4.69) is 15.7 Å². The van der Waals surface area contributed by atoms with E-state index in [-0.39, 0.29) is 5.91 Å². The zero-order valence-electron chi connectivity index (χ0n) is 18.2. The molecule has 0 aliphatic heterocycles. The molecule has 3 aromatic rings. The van der Waals surface area contributed by atoms with Crippen LogP contribution in [0.2, 0.25) is 0 Å². The molecule has 0 bridgehead atoms. The number of benzene rings is 2. The van der Waals surface area contributed by atoms with Crippen molar-refractivity contribution in [1.29, 1.82) is 0 Å². The molecule has 0 saturated heterocycles. The number of carbonyl (C=O) groups excluding carboxylic acids is 2. The van der Waals surface area contributed by atoms with Gasteiger partial charge in [-0.1, -0.05) is 0 Å². The van der Waals surface area contributed by atoms with Gasteiger partial charge in [-0.2, -0.15) is 5.10 Å². The third kappa shape index (κ3) is 5.12. The van der Waals surface area contributed by atoms with Gasteiger partial charge in [-0.15, -0.1) is 0 Å². The largest absolute Gasteiger partial charge is 0.497 e. The molecule has 0 saturated carbocycles. The molecule has 1 unspecified atom stereocenters. The number of nitrogens with zero attached hydrogens (tertiary/aromatic N) is 2. The van der Waals surface area contributed by atoms with Crippen LogP contribution < -0.4 is 25.7 Å². The highest BCUT2D eigenvalue weighted by atomic mass is 16.5. The third-order valence-corrected chi connectivity index (χ3v) is 4.73. The highest BCUT2D eigenvalue weighted by molar-refractivity contribution is 5.96. The lowest BCUT2D eigenvalue weighted by molar-refractivity contribution is -0.119. The van der Waals surface area contributed by atoms with Gasteiger partial charge in [-0.05, 0) is 55.5 Å². The van der Waals surface area contributed by atoms with E-state index in [1.807, 2.05) is 12.1 Å². The zero-order valence-corrected chi connectivity index (χ0v) is 18.2. The molecular weight excluding hydrogens is 412 g/mol. The summed E-state index contributed by atoms with van der Waals surface area (Å²) in [5.41, 5.74) is 1.76. The standard InChI is InChI=1S/C23H24N4O5/c1-14(23(30)25-20-13-17(24-15(2)28)7-11-21(20)32-4)27-22(29)12-10-19(26-27)16-5-8-18(31-3)9-6-16/h5-14H,1-4H3,(H,24,28)(H,25,30). The van der Waals surface area contributed by atoms with Gasteiger partial charge in [-0.25, -0.2) is 4.68 Å². The summed E-state index contributed by atoms with van der Waals surface area (Å²) in [5, 5.41) is 9.77. The quantitative estimate of drug-likeness (QED) is 0.589. The number of methoxy groups -OCH3 is 2. The SMILES string of the molecule is COc1ccc(-c2ccc(=O)n(C(C)C(=O)Nc3cc(NC(C)=O)ccc3OC)n2)cc1. The van der Waals surface area contributed by atoms with E-state index < -0.39 is 17.5 Å². The highest BCUT2D eigenvalue weighted by Gasteiger charge is 2.20. The molecular formula is C23H24N4O5. The molecule has 3 rings (SSSR count). The van der Waals surface area contributed by atoms with Crippen LogP contribution in [0.4, 0.5) is 11.4 Å². The Hall–Kier alpha value is -4.14. The van der Waals surface area contributed by atoms with Crippen LogP contribution in [0.3, 0.4) is 0 Å². The Balaban J connectivity index is 1.87. The minimum atomic E-state index is -0.908. The fraction of sp³-hybridized carbons (Fsp3) is 0.217. The molecule has 0 spiro atoms. The smallest absolute Gasteiger partial charge is 0.267 e. The summed E-state index contributed by atoms with van der Waals surface area (Å²) in [7, 11) is 3.05. The first-order valence-corrected chi connectivity index (χ1v) is 9.83. The van der Waals surface area contributed by atoms with Crippen molar-refractivity contribution in [2.24, 2.45) is 0 Å². The van der Waals surface area contributed by atoms with Gasteiger partial charge in [0.1, 0.15) is 17.5 Å². The number of hydrogen-bond acceptors (Lipinski definition) is 6. The summed E-state index contributed by atoms with van der Waals surface area (Å²) in [6.07, 6.45) is 0. The van der Waals surface area contributed by atoms with Gasteiger partial charge < -0.3 is 20.1 Å². The van der Waals surface area contributed by atoms with E-state index in [1.54, 1.807) is 50.4 Å². The Morgan fingerprint density at radius 3 is 2.31 bits per heavy atom. The van der Waals surface area contributed by atoms with E-state index in [0.29, 0.717) is 28.6 Å². The van der Waals surface area contributed by atoms with Crippen LogP contribution >= 0.6 is 0 Å². The van der Waals surface area contributed by atoms with Gasteiger partial charge in [0.25, 0.3) is 5.56 Å². The van der Waals surface area contributed by atoms with Crippen LogP contribution in [0, 0.1) is 0 Å². The molecule has 1 atom stereocenters. The third-order valence-electron chi connectivity index (χ3n) is 4.73. The van der Waals surface area contributed by atoms with E-state index in [4.69, 9.17) is 9.47 Å². The molecule has 32 heavy (non-hydrogen) atoms. The monoisotopic (exact) mass is 436 g/mol. The van der Waals surface area contributed by atoms with Crippen molar-refractivity contribution in [2.75, 3.05) is 24.9 Å². The minimum absolute atomic E-state index is 0.244. The number of ether oxygens (including phenoxy) is 2. The van der Waals surface area contributed by atoms with Crippen molar-refractivity contribution in [2.45, 2.75) is 19.9 Å². The van der Waals surface area contributed by atoms with Crippen LogP contribution in [0.5, 0.6) is 11.5 Å². The molecule has 0 aliphatic carbocycles. The Kier molecular flexibility index (Phi) is 6.89. The maximum Gasteiger partial charge on any atom is 0.267 e. The second-order valence-corrected chi connectivity index (χ2v) is 6.99. The fourth-order valence-corrected chi connectivity index (χ4v) is 3.05. The summed E-state index contributed by atoms with van der Waals surface area (Å²) < 4.78 is 11.6. The number of hydrogen-bond donors (Lipinski definition) is 2. The van der Waals surface area contributed by atoms with Gasteiger partial charge in [0, 0.05) is 24.2 Å². The van der Waals surface area contributed by atoms with Crippen molar-refractivity contribution >= 4 is 23.2 Å². The second kappa shape index (κ2) is 9.78. The molecule has 9 heteroatoms. The van der Waals surface area contributed by atoms with Crippen molar-refractivity contribution in [3.63, 3.8) is 0 Å². The van der Waals surface area contributed by atoms with Crippen LogP contribution in [-0.2, 0) is 9.59 Å². The van der Waals surface area contributed by atoms with Crippen LogP contribution in [0.25, 0.3) is 11.3 Å². The molecule has 1 aromatic heterocycles. The van der Waals surface area contributed by atoms with Gasteiger partial charge in [0.2, 0.25) is 11.8 Å². The van der Waals surface area contributed by atoms with Crippen molar-refractivity contribution in [3.05, 3.63) is 65.0 Å². The lowest BCUT2D eigenvalue weighted by atomic mass is 10.1. The first-order chi connectivity index (χ1) is 15.3. The molecule has 2 aromatic carbocycles. The molecule has 2 amide bonds. The van der Waals surface area contributed by atoms with Gasteiger partial charge in [0.05, 0.1) is 25.6 Å². The van der Waals surface area contributed by atoms with Crippen LogP contribution in [-0.4, -0.2) is 35.8 Å². The average Bonchev–Trinajstić information content (AvgIpc) is 2.79. The summed E-state index contributed by atoms with van der Waals surface area (Å²) >= 11 is 0. The van der Waals surface area contributed by atoms with Gasteiger partial charge in [-0.3, -0.25) is 14.4 Å². The maximum absolute atomic E-state index is 12.9. The Morgan fingerprint density at radius 1 is 0.969 bits per heavy atom. The van der Waals surface area contributed by atoms with E-state index >= 15 is 0 Å². The predicted molar refractivity (Wildman–Crippen MR) is 121 cm³/mol. The summed E-state index contributed by atoms with van der Waals surface area (Å²) in [6.45, 7) is 2.96. The number of anilines is 2. The summed E-state index contributed by atoms with van der Waals surface area (Å²) in [4.78, 5) is 36.7. The fourth-order valence-electron chi connectivity index (χ4n) is 3.05. The van der Waals surface area contributed by atoms with E-state index in [1.165, 1.54) is 20.1 Å². The Labute approximate surface area is 185 Å². The number of nitrogens with one attached hydrogen (secondary N) is 2. The topological polar surface area (TPSA) is 112 Å². The Morgan fingerprint density at radius 2 is 1.69 bits per heavy atom. The van der Waals surface area contributed by atoms with Crippen molar-refractivity contribution in [3.8, 4) is 22.8 Å². The number of rotatable bonds is 7. The number of carbonyl (C=O) groups is 2. The highest BCUT2D eigenvalue weighted by Crippen LogP contribution is 2.28. The molecule has 0 aliphatic rings. The van der Waals surface area contributed by atoms with Crippen molar-refractivity contribution < 1.29 is 19.1 Å². The first kappa shape index (κ1) is 22.5. The first-order valence-electron chi connectivity index (χ1n) is 9.83. The van der Waals surface area contributed by atoms with Crippen LogP contribution in [0.1, 0.15) is 19.9 Å². The average molecular weight is 436 g/mol. The van der Waals surface area contributed by atoms with E-state index in [0.717, 1.165) is 10.2 Å². The number of aromatic nitrogens is 2. The van der Waals surface area contributed by atoms with E-state index in [9.17, 15) is 14.4 Å². The van der Waals surface area contributed by atoms with Gasteiger partial charge in [0.15, 0.2) is 0 Å². The van der Waals surface area contributed by atoms with Gasteiger partial charge >= 0.3 is 0 Å². The predicted octanol–water partition coefficient (Wildman–Crippen LogP) is 3.09. The van der Waals surface area contributed by atoms with Crippen LogP contribution in [0.15, 0.2) is 59.4 Å². The lowest BCUT2D eigenvalue weighted by Crippen LogP contribution is -2.33. The molecule has 9 nitrogen and oxygen atoms in total. The maximum atomic E-state index is 12.9. The lowest BCUT2D eigenvalue weighted by Gasteiger charge is -2.17. The van der Waals surface area contributed by atoms with Crippen molar-refractivity contribution in [1.82, 2.24) is 9.78 Å². The summed E-state index contributed by atoms with van der Waals surface area (Å²) in [5.74, 6) is 0.397. The molecule has 166 valence electrons. The molecule has 2 N–H and O–H groups in total. The Bertz CT molecular complexity index is 1190. The molecule has 0 radical (unpaired) electrons. The normalized spacial score (nSPS) is 11.4. The molecule has 1 heterocycles. The summed E-state index contributed by atoms with van der Waals surface area (Å²) in [6, 6.07) is 14.1. The molecule has 0 fully saturated rings. The minimum Gasteiger partial charge on any atom is -0.497 e. The zero-order chi connectivity index (χ0) is 23.3. The number of amides is 2. The second-order valence-electron chi connectivity index (χ2n) is 6.99.